The zero-order chi connectivity index (χ0) is 13.5. The van der Waals surface area contributed by atoms with Crippen molar-refractivity contribution in [3.05, 3.63) is 23.8 Å². The first kappa shape index (κ1) is 14.4. The molecule has 0 aromatic heterocycles. The van der Waals surface area contributed by atoms with Crippen LogP contribution in [-0.2, 0) is 0 Å². The lowest BCUT2D eigenvalue weighted by molar-refractivity contribution is 0.0931. The maximum Gasteiger partial charge on any atom is 0.255 e. The van der Waals surface area contributed by atoms with Gasteiger partial charge in [0.05, 0.1) is 19.8 Å². The second kappa shape index (κ2) is 6.89. The summed E-state index contributed by atoms with van der Waals surface area (Å²) in [5.41, 5.74) is 0.503. The molecule has 100 valence electrons. The van der Waals surface area contributed by atoms with Gasteiger partial charge in [0.25, 0.3) is 5.91 Å². The molecule has 0 atom stereocenters. The zero-order valence-corrected chi connectivity index (χ0v) is 11.4. The van der Waals surface area contributed by atoms with Gasteiger partial charge in [0, 0.05) is 6.04 Å². The van der Waals surface area contributed by atoms with Crippen LogP contribution in [-0.4, -0.2) is 26.2 Å². The Morgan fingerprint density at radius 3 is 2.39 bits per heavy atom. The third-order valence-electron chi connectivity index (χ3n) is 2.97. The summed E-state index contributed by atoms with van der Waals surface area (Å²) in [4.78, 5) is 12.2. The van der Waals surface area contributed by atoms with Crippen LogP contribution < -0.4 is 14.8 Å². The van der Waals surface area contributed by atoms with E-state index in [-0.39, 0.29) is 11.9 Å². The van der Waals surface area contributed by atoms with Crippen molar-refractivity contribution in [1.29, 1.82) is 0 Å². The molecule has 0 aliphatic carbocycles. The van der Waals surface area contributed by atoms with E-state index in [1.807, 2.05) is 0 Å². The maximum absolute atomic E-state index is 12.2. The lowest BCUT2D eigenvalue weighted by Crippen LogP contribution is -2.34. The van der Waals surface area contributed by atoms with Gasteiger partial charge in [0.2, 0.25) is 0 Å². The molecule has 0 saturated carbocycles. The third-order valence-corrected chi connectivity index (χ3v) is 2.97. The molecular weight excluding hydrogens is 230 g/mol. The van der Waals surface area contributed by atoms with Crippen molar-refractivity contribution >= 4 is 5.91 Å². The van der Waals surface area contributed by atoms with Crippen LogP contribution in [0.15, 0.2) is 18.2 Å². The Kier molecular flexibility index (Phi) is 5.49. The number of hydrogen-bond donors (Lipinski definition) is 1. The van der Waals surface area contributed by atoms with Gasteiger partial charge in [0.15, 0.2) is 11.5 Å². The van der Waals surface area contributed by atoms with E-state index >= 15 is 0 Å². The van der Waals surface area contributed by atoms with Gasteiger partial charge in [-0.25, -0.2) is 0 Å². The molecule has 1 aromatic rings. The number of carbonyl (C=O) groups is 1. The average Bonchev–Trinajstić information content (AvgIpc) is 2.43. The Labute approximate surface area is 108 Å². The molecule has 0 heterocycles. The van der Waals surface area contributed by atoms with Crippen LogP contribution >= 0.6 is 0 Å². The first-order valence-corrected chi connectivity index (χ1v) is 6.19. The minimum absolute atomic E-state index is 0.126. The van der Waals surface area contributed by atoms with Crippen LogP contribution in [0, 0.1) is 0 Å². The normalized spacial score (nSPS) is 10.3. The average molecular weight is 251 g/mol. The van der Waals surface area contributed by atoms with Gasteiger partial charge in [0.1, 0.15) is 0 Å². The smallest absolute Gasteiger partial charge is 0.255 e. The molecule has 0 bridgehead atoms. The molecule has 4 heteroatoms. The third kappa shape index (κ3) is 3.15. The molecule has 0 radical (unpaired) electrons. The number of hydrogen-bond acceptors (Lipinski definition) is 3. The van der Waals surface area contributed by atoms with Crippen molar-refractivity contribution in [2.24, 2.45) is 0 Å². The van der Waals surface area contributed by atoms with Crippen LogP contribution in [0.4, 0.5) is 0 Å². The predicted molar refractivity (Wildman–Crippen MR) is 71.4 cm³/mol. The molecule has 0 aliphatic heterocycles. The number of methoxy groups -OCH3 is 2. The SMILES string of the molecule is CCC(CC)NC(=O)c1cccc(OC)c1OC. The number of amides is 1. The Morgan fingerprint density at radius 1 is 1.22 bits per heavy atom. The highest BCUT2D eigenvalue weighted by atomic mass is 16.5. The number of nitrogens with one attached hydrogen (secondary N) is 1. The van der Waals surface area contributed by atoms with Crippen LogP contribution in [0.3, 0.4) is 0 Å². The van der Waals surface area contributed by atoms with Crippen LogP contribution in [0.1, 0.15) is 37.0 Å². The van der Waals surface area contributed by atoms with Crippen molar-refractivity contribution in [2.45, 2.75) is 32.7 Å². The van der Waals surface area contributed by atoms with E-state index in [1.54, 1.807) is 25.3 Å². The van der Waals surface area contributed by atoms with Gasteiger partial charge in [-0.05, 0) is 25.0 Å². The van der Waals surface area contributed by atoms with Crippen molar-refractivity contribution in [1.82, 2.24) is 5.32 Å². The Hall–Kier alpha value is -1.71. The summed E-state index contributed by atoms with van der Waals surface area (Å²) < 4.78 is 10.4. The van der Waals surface area contributed by atoms with E-state index < -0.39 is 0 Å². The minimum atomic E-state index is -0.126. The van der Waals surface area contributed by atoms with E-state index in [0.717, 1.165) is 12.8 Å². The molecule has 0 aliphatic rings. The minimum Gasteiger partial charge on any atom is -0.493 e. The second-order valence-electron chi connectivity index (χ2n) is 4.03. The molecule has 1 rings (SSSR count). The summed E-state index contributed by atoms with van der Waals surface area (Å²) in [7, 11) is 3.09. The van der Waals surface area contributed by atoms with Crippen molar-refractivity contribution < 1.29 is 14.3 Å². The largest absolute Gasteiger partial charge is 0.493 e. The lowest BCUT2D eigenvalue weighted by atomic mass is 10.1. The molecule has 1 aromatic carbocycles. The molecule has 1 N–H and O–H groups in total. The summed E-state index contributed by atoms with van der Waals surface area (Å²) in [6.45, 7) is 4.11. The van der Waals surface area contributed by atoms with E-state index in [0.29, 0.717) is 17.1 Å². The zero-order valence-electron chi connectivity index (χ0n) is 11.4. The van der Waals surface area contributed by atoms with Gasteiger partial charge in [-0.3, -0.25) is 4.79 Å². The Bertz CT molecular complexity index is 400. The molecule has 0 unspecified atom stereocenters. The number of para-hydroxylation sites is 1. The van der Waals surface area contributed by atoms with Crippen molar-refractivity contribution in [3.8, 4) is 11.5 Å². The lowest BCUT2D eigenvalue weighted by Gasteiger charge is -2.17. The molecule has 0 fully saturated rings. The number of ether oxygens (including phenoxy) is 2. The summed E-state index contributed by atoms with van der Waals surface area (Å²) in [5, 5.41) is 2.98. The Morgan fingerprint density at radius 2 is 1.89 bits per heavy atom. The molecule has 18 heavy (non-hydrogen) atoms. The van der Waals surface area contributed by atoms with Crippen LogP contribution in [0.5, 0.6) is 11.5 Å². The van der Waals surface area contributed by atoms with E-state index in [1.165, 1.54) is 7.11 Å². The standard InChI is InChI=1S/C14H21NO3/c1-5-10(6-2)15-14(16)11-8-7-9-12(17-3)13(11)18-4/h7-10H,5-6H2,1-4H3,(H,15,16). The first-order chi connectivity index (χ1) is 8.67. The van der Waals surface area contributed by atoms with Gasteiger partial charge in [-0.2, -0.15) is 0 Å². The highest BCUT2D eigenvalue weighted by Crippen LogP contribution is 2.30. The summed E-state index contributed by atoms with van der Waals surface area (Å²) >= 11 is 0. The van der Waals surface area contributed by atoms with Gasteiger partial charge in [-0.1, -0.05) is 19.9 Å². The first-order valence-electron chi connectivity index (χ1n) is 6.19. The molecule has 0 spiro atoms. The highest BCUT2D eigenvalue weighted by Gasteiger charge is 2.17. The van der Waals surface area contributed by atoms with Crippen molar-refractivity contribution in [3.63, 3.8) is 0 Å². The summed E-state index contributed by atoms with van der Waals surface area (Å²) in [6.07, 6.45) is 1.82. The number of carbonyl (C=O) groups excluding carboxylic acids is 1. The van der Waals surface area contributed by atoms with Crippen LogP contribution in [0.2, 0.25) is 0 Å². The van der Waals surface area contributed by atoms with Gasteiger partial charge in [-0.15, -0.1) is 0 Å². The molecule has 0 saturated heterocycles. The fourth-order valence-corrected chi connectivity index (χ4v) is 1.82. The maximum atomic E-state index is 12.2. The van der Waals surface area contributed by atoms with E-state index in [9.17, 15) is 4.79 Å². The highest BCUT2D eigenvalue weighted by molar-refractivity contribution is 5.98. The quantitative estimate of drug-likeness (QED) is 0.845. The molecular formula is C14H21NO3. The number of rotatable bonds is 6. The van der Waals surface area contributed by atoms with E-state index in [2.05, 4.69) is 19.2 Å². The van der Waals surface area contributed by atoms with Gasteiger partial charge < -0.3 is 14.8 Å². The Balaban J connectivity index is 2.98. The topological polar surface area (TPSA) is 47.6 Å². The second-order valence-corrected chi connectivity index (χ2v) is 4.03. The molecule has 4 nitrogen and oxygen atoms in total. The van der Waals surface area contributed by atoms with Crippen LogP contribution in [0.25, 0.3) is 0 Å². The monoisotopic (exact) mass is 251 g/mol. The fourth-order valence-electron chi connectivity index (χ4n) is 1.82. The van der Waals surface area contributed by atoms with Gasteiger partial charge >= 0.3 is 0 Å². The number of benzene rings is 1. The summed E-state index contributed by atoms with van der Waals surface area (Å²) in [6, 6.07) is 5.48. The molecule has 1 amide bonds. The predicted octanol–water partition coefficient (Wildman–Crippen LogP) is 2.62. The fraction of sp³-hybridized carbons (Fsp3) is 0.500. The van der Waals surface area contributed by atoms with E-state index in [4.69, 9.17) is 9.47 Å². The summed E-state index contributed by atoms with van der Waals surface area (Å²) in [5.74, 6) is 0.914. The van der Waals surface area contributed by atoms with Crippen molar-refractivity contribution in [2.75, 3.05) is 14.2 Å².